The minimum Gasteiger partial charge on any atom is -0.535 e. The first-order valence-corrected chi connectivity index (χ1v) is 9.38. The average Bonchev–Trinajstić information content (AvgIpc) is 3.29. The van der Waals surface area contributed by atoms with E-state index in [0.717, 1.165) is 12.0 Å². The van der Waals surface area contributed by atoms with Crippen LogP contribution in [0.2, 0.25) is 5.82 Å². The molecule has 3 atom stereocenters. The zero-order valence-electron chi connectivity index (χ0n) is 15.3. The van der Waals surface area contributed by atoms with Crippen molar-refractivity contribution >= 4 is 19.0 Å². The minimum atomic E-state index is -1.18. The third-order valence-electron chi connectivity index (χ3n) is 5.78. The van der Waals surface area contributed by atoms with E-state index < -0.39 is 19.1 Å². The van der Waals surface area contributed by atoms with Crippen molar-refractivity contribution < 1.29 is 29.1 Å². The number of rotatable bonds is 5. The largest absolute Gasteiger partial charge is 0.535 e. The summed E-state index contributed by atoms with van der Waals surface area (Å²) in [6, 6.07) is 2.58. The van der Waals surface area contributed by atoms with Crippen LogP contribution in [0.4, 0.5) is 0 Å². The Balaban J connectivity index is 1.29. The van der Waals surface area contributed by atoms with Crippen LogP contribution in [0, 0.1) is 0 Å². The first kappa shape index (κ1) is 18.0. The van der Waals surface area contributed by atoms with E-state index in [1.807, 2.05) is 0 Å². The maximum atomic E-state index is 12.4. The Morgan fingerprint density at radius 3 is 2.90 bits per heavy atom. The molecule has 29 heavy (non-hydrogen) atoms. The molecule has 1 amide bonds. The van der Waals surface area contributed by atoms with E-state index in [0.29, 0.717) is 18.8 Å². The molecule has 1 aromatic carbocycles. The number of hydrogen-bond acceptors (Lipinski definition) is 7. The first-order chi connectivity index (χ1) is 13.9. The van der Waals surface area contributed by atoms with Crippen molar-refractivity contribution in [2.24, 2.45) is 5.73 Å². The second kappa shape index (κ2) is 6.50. The number of aromatic amines is 1. The minimum absolute atomic E-state index is 0.0289. The fourth-order valence-electron chi connectivity index (χ4n) is 4.03. The number of carbonyl (C=O) groups is 2. The third-order valence-corrected chi connectivity index (χ3v) is 5.78. The Morgan fingerprint density at radius 2 is 2.21 bits per heavy atom. The van der Waals surface area contributed by atoms with Gasteiger partial charge in [-0.15, -0.1) is 0 Å². The van der Waals surface area contributed by atoms with Crippen molar-refractivity contribution in [1.29, 1.82) is 0 Å². The number of nitrogens with zero attached hydrogens (tertiary/aromatic N) is 2. The van der Waals surface area contributed by atoms with Gasteiger partial charge in [0.1, 0.15) is 29.2 Å². The van der Waals surface area contributed by atoms with Gasteiger partial charge in [0.15, 0.2) is 0 Å². The molecule has 11 heteroatoms. The molecule has 1 aromatic heterocycles. The molecule has 2 fully saturated rings. The molecule has 0 spiro atoms. The van der Waals surface area contributed by atoms with Crippen molar-refractivity contribution in [2.75, 3.05) is 13.1 Å². The van der Waals surface area contributed by atoms with Crippen molar-refractivity contribution in [1.82, 2.24) is 14.9 Å². The van der Waals surface area contributed by atoms with Gasteiger partial charge in [-0.2, -0.15) is 0 Å². The van der Waals surface area contributed by atoms with Gasteiger partial charge < -0.3 is 35.1 Å². The number of ether oxygens (including phenoxy) is 1. The van der Waals surface area contributed by atoms with Gasteiger partial charge in [-0.3, -0.25) is 4.79 Å². The van der Waals surface area contributed by atoms with Crippen molar-refractivity contribution in [3.63, 3.8) is 0 Å². The van der Waals surface area contributed by atoms with Gasteiger partial charge in [0.2, 0.25) is 5.91 Å². The zero-order valence-corrected chi connectivity index (χ0v) is 15.3. The normalized spacial score (nSPS) is 23.4. The summed E-state index contributed by atoms with van der Waals surface area (Å²) in [5.74, 6) is -0.948. The van der Waals surface area contributed by atoms with E-state index in [-0.39, 0.29) is 40.8 Å². The third kappa shape index (κ3) is 2.93. The summed E-state index contributed by atoms with van der Waals surface area (Å²) in [6.45, 7) is 0.593. The maximum absolute atomic E-state index is 12.4. The standard InChI is InChI=1S/C18H19BN4O6/c20-15(12-4-21-7-22-12)17(24)23-5-8(6-23)28-13-2-1-9-10-3-11(10)19(27)29-16(9)14(13)18(25)26/h1-2,4,7-8,10-11,15,27H,3,5-6,20H2,(H,21,22)(H,25,26)/t10-,11-,15-/m0/s1. The second-order valence-electron chi connectivity index (χ2n) is 7.64. The molecule has 0 unspecified atom stereocenters. The highest BCUT2D eigenvalue weighted by Gasteiger charge is 2.54. The van der Waals surface area contributed by atoms with Crippen molar-refractivity contribution in [2.45, 2.75) is 30.3 Å². The molecule has 0 radical (unpaired) electrons. The summed E-state index contributed by atoms with van der Waals surface area (Å²) in [7, 11) is -0.998. The number of carboxylic acids is 1. The molecule has 3 aliphatic rings. The summed E-state index contributed by atoms with van der Waals surface area (Å²) < 4.78 is 11.3. The smallest absolute Gasteiger partial charge is 0.526 e. The first-order valence-electron chi connectivity index (χ1n) is 9.38. The quantitative estimate of drug-likeness (QED) is 0.519. The number of fused-ring (bicyclic) bond motifs is 3. The number of hydrogen-bond donors (Lipinski definition) is 4. The van der Waals surface area contributed by atoms with Crippen LogP contribution < -0.4 is 15.1 Å². The maximum Gasteiger partial charge on any atom is 0.526 e. The van der Waals surface area contributed by atoms with E-state index in [2.05, 4.69) is 9.97 Å². The number of amides is 1. The predicted octanol–water partition coefficient (Wildman–Crippen LogP) is 0.128. The SMILES string of the molecule is N[C@H](C(=O)N1CC(Oc2ccc3c(c2C(=O)O)OB(O)[C@H]2C[C@@H]32)C1)c1cnc[nH]1. The Morgan fingerprint density at radius 1 is 1.41 bits per heavy atom. The highest BCUT2D eigenvalue weighted by Crippen LogP contribution is 2.60. The van der Waals surface area contributed by atoms with Gasteiger partial charge in [0.05, 0.1) is 31.3 Å². The molecule has 2 aliphatic heterocycles. The number of aromatic carboxylic acids is 1. The number of carboxylic acid groups (broad SMARTS) is 1. The van der Waals surface area contributed by atoms with Gasteiger partial charge in [-0.05, 0) is 24.0 Å². The lowest BCUT2D eigenvalue weighted by Crippen LogP contribution is -2.58. The number of aromatic nitrogens is 2. The van der Waals surface area contributed by atoms with Crippen LogP contribution in [-0.4, -0.2) is 63.2 Å². The summed E-state index contributed by atoms with van der Waals surface area (Å²) in [6.07, 6.45) is 3.38. The molecule has 5 rings (SSSR count). The van der Waals surface area contributed by atoms with Gasteiger partial charge in [0, 0.05) is 5.82 Å². The molecule has 2 aromatic rings. The Hall–Kier alpha value is -3.05. The number of imidazole rings is 1. The summed E-state index contributed by atoms with van der Waals surface area (Å²) >= 11 is 0. The van der Waals surface area contributed by atoms with E-state index in [4.69, 9.17) is 15.1 Å². The molecule has 0 bridgehead atoms. The van der Waals surface area contributed by atoms with Gasteiger partial charge in [0.25, 0.3) is 0 Å². The Kier molecular flexibility index (Phi) is 4.03. The van der Waals surface area contributed by atoms with Crippen LogP contribution in [0.1, 0.15) is 40.0 Å². The molecule has 10 nitrogen and oxygen atoms in total. The molecule has 5 N–H and O–H groups in total. The van der Waals surface area contributed by atoms with Crippen LogP contribution in [0.25, 0.3) is 0 Å². The fourth-order valence-corrected chi connectivity index (χ4v) is 4.03. The summed E-state index contributed by atoms with van der Waals surface area (Å²) in [5, 5.41) is 19.7. The average molecular weight is 398 g/mol. The number of benzene rings is 1. The molecule has 150 valence electrons. The van der Waals surface area contributed by atoms with Crippen LogP contribution in [-0.2, 0) is 4.79 Å². The highest BCUT2D eigenvalue weighted by molar-refractivity contribution is 6.48. The van der Waals surface area contributed by atoms with Crippen LogP contribution in [0.5, 0.6) is 11.5 Å². The lowest BCUT2D eigenvalue weighted by molar-refractivity contribution is -0.141. The van der Waals surface area contributed by atoms with E-state index in [9.17, 15) is 19.7 Å². The number of H-pyrrole nitrogens is 1. The summed E-state index contributed by atoms with van der Waals surface area (Å²) in [5.41, 5.74) is 7.17. The van der Waals surface area contributed by atoms with Crippen molar-refractivity contribution in [3.8, 4) is 11.5 Å². The number of nitrogens with one attached hydrogen (secondary N) is 1. The Labute approximate surface area is 165 Å². The lowest BCUT2D eigenvalue weighted by atomic mass is 9.77. The predicted molar refractivity (Wildman–Crippen MR) is 99.6 cm³/mol. The molecular formula is C18H19BN4O6. The summed E-state index contributed by atoms with van der Waals surface area (Å²) in [4.78, 5) is 32.5. The Bertz CT molecular complexity index is 977. The van der Waals surface area contributed by atoms with Crippen molar-refractivity contribution in [3.05, 3.63) is 41.5 Å². The molecule has 1 aliphatic carbocycles. The van der Waals surface area contributed by atoms with Gasteiger partial charge in [-0.1, -0.05) is 6.07 Å². The molecule has 1 saturated heterocycles. The van der Waals surface area contributed by atoms with Crippen LogP contribution in [0.3, 0.4) is 0 Å². The van der Waals surface area contributed by atoms with E-state index >= 15 is 0 Å². The number of likely N-dealkylation sites (tertiary alicyclic amines) is 1. The van der Waals surface area contributed by atoms with Crippen LogP contribution in [0.15, 0.2) is 24.7 Å². The van der Waals surface area contributed by atoms with Gasteiger partial charge >= 0.3 is 13.1 Å². The zero-order chi connectivity index (χ0) is 20.3. The number of nitrogens with two attached hydrogens (primary N) is 1. The topological polar surface area (TPSA) is 151 Å². The monoisotopic (exact) mass is 398 g/mol. The fraction of sp³-hybridized carbons (Fsp3) is 0.389. The second-order valence-corrected chi connectivity index (χ2v) is 7.64. The molecular weight excluding hydrogens is 379 g/mol. The van der Waals surface area contributed by atoms with E-state index in [1.54, 1.807) is 17.0 Å². The van der Waals surface area contributed by atoms with Gasteiger partial charge in [-0.25, -0.2) is 9.78 Å². The molecule has 3 heterocycles. The molecule has 1 saturated carbocycles. The van der Waals surface area contributed by atoms with E-state index in [1.165, 1.54) is 12.5 Å². The number of carbonyl (C=O) groups excluding carboxylic acids is 1. The lowest BCUT2D eigenvalue weighted by Gasteiger charge is -2.40. The van der Waals surface area contributed by atoms with Crippen LogP contribution >= 0.6 is 0 Å². The highest BCUT2D eigenvalue weighted by atomic mass is 16.5.